The molecular formula is C14H15NO3. The van der Waals surface area contributed by atoms with Crippen LogP contribution in [0.1, 0.15) is 30.1 Å². The second-order valence-corrected chi connectivity index (χ2v) is 5.07. The van der Waals surface area contributed by atoms with Gasteiger partial charge in [0, 0.05) is 19.9 Å². The lowest BCUT2D eigenvalue weighted by atomic mass is 9.89. The zero-order valence-electron chi connectivity index (χ0n) is 10.3. The van der Waals surface area contributed by atoms with Gasteiger partial charge in [0.05, 0.1) is 18.5 Å². The molecule has 0 aromatic heterocycles. The molecule has 1 aromatic carbocycles. The van der Waals surface area contributed by atoms with Crippen molar-refractivity contribution in [3.8, 4) is 5.75 Å². The highest BCUT2D eigenvalue weighted by Crippen LogP contribution is 2.38. The molecule has 1 aromatic rings. The number of carbonyl (C=O) groups excluding carboxylic acids is 2. The van der Waals surface area contributed by atoms with Gasteiger partial charge in [-0.05, 0) is 12.1 Å². The van der Waals surface area contributed by atoms with E-state index in [0.717, 1.165) is 6.42 Å². The summed E-state index contributed by atoms with van der Waals surface area (Å²) < 4.78 is 6.02. The molecule has 0 N–H and O–H groups in total. The molecule has 2 heterocycles. The number of rotatable bonds is 0. The molecule has 2 aliphatic heterocycles. The predicted molar refractivity (Wildman–Crippen MR) is 65.6 cm³/mol. The molecule has 1 spiro atoms. The summed E-state index contributed by atoms with van der Waals surface area (Å²) in [6.07, 6.45) is 1.10. The molecule has 18 heavy (non-hydrogen) atoms. The van der Waals surface area contributed by atoms with Gasteiger partial charge >= 0.3 is 0 Å². The lowest BCUT2D eigenvalue weighted by Crippen LogP contribution is -2.45. The van der Waals surface area contributed by atoms with Gasteiger partial charge in [-0.3, -0.25) is 9.59 Å². The minimum Gasteiger partial charge on any atom is -0.484 e. The monoisotopic (exact) mass is 245 g/mol. The molecular weight excluding hydrogens is 230 g/mol. The minimum absolute atomic E-state index is 0.0433. The van der Waals surface area contributed by atoms with E-state index in [1.807, 2.05) is 18.2 Å². The summed E-state index contributed by atoms with van der Waals surface area (Å²) in [7, 11) is 0. The maximum absolute atomic E-state index is 12.1. The van der Waals surface area contributed by atoms with Crippen LogP contribution in [0.15, 0.2) is 24.3 Å². The zero-order valence-corrected chi connectivity index (χ0v) is 10.3. The quantitative estimate of drug-likeness (QED) is 0.698. The van der Waals surface area contributed by atoms with Crippen LogP contribution in [-0.4, -0.2) is 35.3 Å². The Bertz CT molecular complexity index is 526. The van der Waals surface area contributed by atoms with Gasteiger partial charge in [0.1, 0.15) is 11.4 Å². The third kappa shape index (κ3) is 1.68. The van der Waals surface area contributed by atoms with Crippen LogP contribution in [0.5, 0.6) is 5.75 Å². The Labute approximate surface area is 106 Å². The van der Waals surface area contributed by atoms with Crippen molar-refractivity contribution in [2.24, 2.45) is 0 Å². The lowest BCUT2D eigenvalue weighted by molar-refractivity contribution is -0.128. The van der Waals surface area contributed by atoms with Gasteiger partial charge in [0.25, 0.3) is 0 Å². The third-order valence-corrected chi connectivity index (χ3v) is 3.76. The van der Waals surface area contributed by atoms with Crippen LogP contribution in [0, 0.1) is 0 Å². The van der Waals surface area contributed by atoms with Gasteiger partial charge in [-0.1, -0.05) is 12.1 Å². The number of amides is 1. The number of ketones is 1. The molecule has 1 fully saturated rings. The Morgan fingerprint density at radius 2 is 2.17 bits per heavy atom. The number of carbonyl (C=O) groups is 2. The van der Waals surface area contributed by atoms with Gasteiger partial charge in [-0.25, -0.2) is 0 Å². The first-order chi connectivity index (χ1) is 8.60. The third-order valence-electron chi connectivity index (χ3n) is 3.76. The van der Waals surface area contributed by atoms with Crippen LogP contribution in [0.4, 0.5) is 0 Å². The number of fused-ring (bicyclic) bond motifs is 1. The highest BCUT2D eigenvalue weighted by atomic mass is 16.5. The molecule has 1 saturated heterocycles. The van der Waals surface area contributed by atoms with Crippen LogP contribution in [0.2, 0.25) is 0 Å². The second-order valence-electron chi connectivity index (χ2n) is 5.07. The van der Waals surface area contributed by atoms with E-state index in [0.29, 0.717) is 30.8 Å². The SMILES string of the molecule is CC(=O)N1CCC2(CC(=O)c3ccccc3O2)C1. The average Bonchev–Trinajstić information content (AvgIpc) is 2.73. The van der Waals surface area contributed by atoms with E-state index in [1.165, 1.54) is 0 Å². The Morgan fingerprint density at radius 3 is 2.89 bits per heavy atom. The Morgan fingerprint density at radius 1 is 1.39 bits per heavy atom. The first-order valence-electron chi connectivity index (χ1n) is 6.16. The van der Waals surface area contributed by atoms with Gasteiger partial charge in [0.2, 0.25) is 5.91 Å². The van der Waals surface area contributed by atoms with E-state index in [1.54, 1.807) is 17.9 Å². The fourth-order valence-electron chi connectivity index (χ4n) is 2.78. The predicted octanol–water partition coefficient (Wildman–Crippen LogP) is 1.64. The Balaban J connectivity index is 1.91. The highest BCUT2D eigenvalue weighted by molar-refractivity contribution is 6.00. The normalized spacial score (nSPS) is 26.1. The number of Topliss-reactive ketones (excluding diaryl/α,β-unsaturated/α-hetero) is 1. The number of nitrogens with zero attached hydrogens (tertiary/aromatic N) is 1. The van der Waals surface area contributed by atoms with Gasteiger partial charge in [0.15, 0.2) is 5.78 Å². The minimum atomic E-state index is -0.503. The molecule has 94 valence electrons. The molecule has 1 atom stereocenters. The molecule has 0 saturated carbocycles. The molecule has 4 heteroatoms. The van der Waals surface area contributed by atoms with E-state index in [9.17, 15) is 9.59 Å². The van der Waals surface area contributed by atoms with Crippen LogP contribution in [0.3, 0.4) is 0 Å². The maximum Gasteiger partial charge on any atom is 0.219 e. The number of hydrogen-bond donors (Lipinski definition) is 0. The molecule has 4 nitrogen and oxygen atoms in total. The average molecular weight is 245 g/mol. The summed E-state index contributed by atoms with van der Waals surface area (Å²) in [4.78, 5) is 25.3. The Kier molecular flexibility index (Phi) is 2.40. The smallest absolute Gasteiger partial charge is 0.219 e. The molecule has 3 rings (SSSR count). The van der Waals surface area contributed by atoms with Crippen molar-refractivity contribution in [3.63, 3.8) is 0 Å². The van der Waals surface area contributed by atoms with Crippen molar-refractivity contribution in [1.29, 1.82) is 0 Å². The summed E-state index contributed by atoms with van der Waals surface area (Å²) in [5.41, 5.74) is 0.154. The van der Waals surface area contributed by atoms with Crippen molar-refractivity contribution in [2.75, 3.05) is 13.1 Å². The van der Waals surface area contributed by atoms with Crippen molar-refractivity contribution in [1.82, 2.24) is 4.90 Å². The van der Waals surface area contributed by atoms with Crippen molar-refractivity contribution >= 4 is 11.7 Å². The molecule has 0 radical (unpaired) electrons. The van der Waals surface area contributed by atoms with E-state index in [2.05, 4.69) is 0 Å². The zero-order chi connectivity index (χ0) is 12.8. The van der Waals surface area contributed by atoms with Crippen LogP contribution in [0.25, 0.3) is 0 Å². The lowest BCUT2D eigenvalue weighted by Gasteiger charge is -2.34. The fraction of sp³-hybridized carbons (Fsp3) is 0.429. The summed E-state index contributed by atoms with van der Waals surface area (Å²) in [6, 6.07) is 7.32. The van der Waals surface area contributed by atoms with Gasteiger partial charge in [-0.2, -0.15) is 0 Å². The van der Waals surface area contributed by atoms with Crippen LogP contribution < -0.4 is 4.74 Å². The van der Waals surface area contributed by atoms with Crippen molar-refractivity contribution < 1.29 is 14.3 Å². The van der Waals surface area contributed by atoms with Crippen LogP contribution in [-0.2, 0) is 4.79 Å². The number of ether oxygens (including phenoxy) is 1. The van der Waals surface area contributed by atoms with E-state index < -0.39 is 5.60 Å². The molecule has 1 unspecified atom stereocenters. The Hall–Kier alpha value is -1.84. The summed E-state index contributed by atoms with van der Waals surface area (Å²) in [5.74, 6) is 0.809. The van der Waals surface area contributed by atoms with E-state index in [-0.39, 0.29) is 11.7 Å². The standard InChI is InChI=1S/C14H15NO3/c1-10(16)15-7-6-14(9-15)8-12(17)11-4-2-3-5-13(11)18-14/h2-5H,6-9H2,1H3. The number of para-hydroxylation sites is 1. The molecule has 0 bridgehead atoms. The summed E-state index contributed by atoms with van der Waals surface area (Å²) in [6.45, 7) is 2.74. The summed E-state index contributed by atoms with van der Waals surface area (Å²) >= 11 is 0. The molecule has 2 aliphatic rings. The first kappa shape index (κ1) is 11.3. The second kappa shape index (κ2) is 3.83. The highest BCUT2D eigenvalue weighted by Gasteiger charge is 2.46. The topological polar surface area (TPSA) is 46.6 Å². The van der Waals surface area contributed by atoms with E-state index in [4.69, 9.17) is 4.74 Å². The van der Waals surface area contributed by atoms with Crippen molar-refractivity contribution in [2.45, 2.75) is 25.4 Å². The number of benzene rings is 1. The molecule has 0 aliphatic carbocycles. The maximum atomic E-state index is 12.1. The fourth-order valence-corrected chi connectivity index (χ4v) is 2.78. The number of likely N-dealkylation sites (tertiary alicyclic amines) is 1. The first-order valence-corrected chi connectivity index (χ1v) is 6.16. The van der Waals surface area contributed by atoms with Gasteiger partial charge < -0.3 is 9.64 Å². The van der Waals surface area contributed by atoms with Crippen molar-refractivity contribution in [3.05, 3.63) is 29.8 Å². The molecule has 1 amide bonds. The van der Waals surface area contributed by atoms with E-state index >= 15 is 0 Å². The van der Waals surface area contributed by atoms with Gasteiger partial charge in [-0.15, -0.1) is 0 Å². The summed E-state index contributed by atoms with van der Waals surface area (Å²) in [5, 5.41) is 0. The largest absolute Gasteiger partial charge is 0.484 e. The van der Waals surface area contributed by atoms with Crippen LogP contribution >= 0.6 is 0 Å². The number of hydrogen-bond acceptors (Lipinski definition) is 3.